The molecule has 0 aliphatic rings. The standard InChI is InChI=1S/C20H20O3/c1-14(21)19-9-5-3-7-16(19)11-12-18(23)13-17-8-4-6-10-20(17)15(2)22/h3-10,21H,1,11-13H2,2H3. The van der Waals surface area contributed by atoms with Crippen molar-refractivity contribution in [3.05, 3.63) is 77.4 Å². The minimum Gasteiger partial charge on any atom is -0.508 e. The molecule has 2 rings (SSSR count). The first-order chi connectivity index (χ1) is 11.0. The second kappa shape index (κ2) is 7.54. The third-order valence-electron chi connectivity index (χ3n) is 3.79. The average Bonchev–Trinajstić information content (AvgIpc) is 2.53. The molecule has 2 aromatic rings. The zero-order chi connectivity index (χ0) is 16.8. The number of rotatable bonds is 7. The van der Waals surface area contributed by atoms with E-state index in [4.69, 9.17) is 0 Å². The molecule has 0 unspecified atom stereocenters. The van der Waals surface area contributed by atoms with E-state index < -0.39 is 0 Å². The molecule has 3 heteroatoms. The molecule has 0 saturated heterocycles. The summed E-state index contributed by atoms with van der Waals surface area (Å²) in [6, 6.07) is 14.6. The van der Waals surface area contributed by atoms with Gasteiger partial charge in [0.25, 0.3) is 0 Å². The van der Waals surface area contributed by atoms with Gasteiger partial charge >= 0.3 is 0 Å². The maximum absolute atomic E-state index is 12.2. The normalized spacial score (nSPS) is 10.3. The number of hydrogen-bond donors (Lipinski definition) is 1. The molecule has 0 aliphatic carbocycles. The predicted molar refractivity (Wildman–Crippen MR) is 91.6 cm³/mol. The smallest absolute Gasteiger partial charge is 0.160 e. The molecule has 0 aliphatic heterocycles. The highest BCUT2D eigenvalue weighted by Crippen LogP contribution is 2.18. The number of aryl methyl sites for hydroxylation is 1. The fraction of sp³-hybridized carbons (Fsp3) is 0.200. The van der Waals surface area contributed by atoms with E-state index in [2.05, 4.69) is 6.58 Å². The van der Waals surface area contributed by atoms with E-state index in [1.807, 2.05) is 30.3 Å². The van der Waals surface area contributed by atoms with E-state index in [0.717, 1.165) is 11.1 Å². The van der Waals surface area contributed by atoms with Gasteiger partial charge in [0.2, 0.25) is 0 Å². The van der Waals surface area contributed by atoms with Crippen molar-refractivity contribution in [1.29, 1.82) is 0 Å². The van der Waals surface area contributed by atoms with Crippen LogP contribution < -0.4 is 0 Å². The molecule has 0 aromatic heterocycles. The molecule has 2 aromatic carbocycles. The lowest BCUT2D eigenvalue weighted by molar-refractivity contribution is -0.118. The molecule has 118 valence electrons. The molecule has 0 saturated carbocycles. The second-order valence-electron chi connectivity index (χ2n) is 5.53. The largest absolute Gasteiger partial charge is 0.508 e. The minimum absolute atomic E-state index is 0.00924. The van der Waals surface area contributed by atoms with Crippen molar-refractivity contribution in [2.24, 2.45) is 0 Å². The van der Waals surface area contributed by atoms with Gasteiger partial charge in [0, 0.05) is 24.0 Å². The van der Waals surface area contributed by atoms with Crippen LogP contribution in [0.5, 0.6) is 0 Å². The zero-order valence-electron chi connectivity index (χ0n) is 13.2. The van der Waals surface area contributed by atoms with Gasteiger partial charge in [-0.2, -0.15) is 0 Å². The number of carbonyl (C=O) groups is 2. The van der Waals surface area contributed by atoms with Crippen LogP contribution in [0.3, 0.4) is 0 Å². The lowest BCUT2D eigenvalue weighted by atomic mass is 9.96. The van der Waals surface area contributed by atoms with E-state index in [1.54, 1.807) is 18.2 Å². The van der Waals surface area contributed by atoms with Crippen molar-refractivity contribution >= 4 is 17.3 Å². The van der Waals surface area contributed by atoms with Gasteiger partial charge in [-0.05, 0) is 24.5 Å². The van der Waals surface area contributed by atoms with E-state index >= 15 is 0 Å². The van der Waals surface area contributed by atoms with Crippen LogP contribution in [0.25, 0.3) is 5.76 Å². The van der Waals surface area contributed by atoms with Gasteiger partial charge in [-0.15, -0.1) is 0 Å². The van der Waals surface area contributed by atoms with Crippen LogP contribution in [0, 0.1) is 0 Å². The van der Waals surface area contributed by atoms with Crippen molar-refractivity contribution < 1.29 is 14.7 Å². The SMILES string of the molecule is C=C(O)c1ccccc1CCC(=O)Cc1ccccc1C(C)=O. The van der Waals surface area contributed by atoms with Crippen molar-refractivity contribution in [2.45, 2.75) is 26.2 Å². The summed E-state index contributed by atoms with van der Waals surface area (Å²) in [7, 11) is 0. The topological polar surface area (TPSA) is 54.4 Å². The lowest BCUT2D eigenvalue weighted by Crippen LogP contribution is -2.09. The van der Waals surface area contributed by atoms with Gasteiger partial charge in [0.05, 0.1) is 0 Å². The lowest BCUT2D eigenvalue weighted by Gasteiger charge is -2.09. The fourth-order valence-corrected chi connectivity index (χ4v) is 2.61. The number of aliphatic hydroxyl groups is 1. The molecule has 0 spiro atoms. The quantitative estimate of drug-likeness (QED) is 0.617. The van der Waals surface area contributed by atoms with Gasteiger partial charge in [-0.3, -0.25) is 9.59 Å². The van der Waals surface area contributed by atoms with Crippen molar-refractivity contribution in [1.82, 2.24) is 0 Å². The van der Waals surface area contributed by atoms with Crippen LogP contribution in [0.1, 0.15) is 40.4 Å². The van der Waals surface area contributed by atoms with E-state index in [9.17, 15) is 14.7 Å². The monoisotopic (exact) mass is 308 g/mol. The molecule has 0 atom stereocenters. The Morgan fingerprint density at radius 2 is 1.52 bits per heavy atom. The van der Waals surface area contributed by atoms with E-state index in [0.29, 0.717) is 24.0 Å². The number of carbonyl (C=O) groups excluding carboxylic acids is 2. The molecular weight excluding hydrogens is 288 g/mol. The second-order valence-corrected chi connectivity index (χ2v) is 5.53. The summed E-state index contributed by atoms with van der Waals surface area (Å²) < 4.78 is 0. The molecule has 0 bridgehead atoms. The molecule has 0 amide bonds. The number of benzene rings is 2. The molecule has 0 heterocycles. The molecule has 1 N–H and O–H groups in total. The molecule has 0 fully saturated rings. The Kier molecular flexibility index (Phi) is 5.47. The first-order valence-corrected chi connectivity index (χ1v) is 7.55. The third kappa shape index (κ3) is 4.39. The van der Waals surface area contributed by atoms with Crippen molar-refractivity contribution in [3.8, 4) is 0 Å². The molecular formula is C20H20O3. The van der Waals surface area contributed by atoms with Gasteiger partial charge in [-0.1, -0.05) is 55.1 Å². The summed E-state index contributed by atoms with van der Waals surface area (Å²) in [5.74, 6) is 0.0438. The average molecular weight is 308 g/mol. The van der Waals surface area contributed by atoms with Crippen LogP contribution >= 0.6 is 0 Å². The van der Waals surface area contributed by atoms with E-state index in [-0.39, 0.29) is 23.7 Å². The Morgan fingerprint density at radius 1 is 0.957 bits per heavy atom. The van der Waals surface area contributed by atoms with Gasteiger partial charge in [0.15, 0.2) is 5.78 Å². The Bertz CT molecular complexity index is 744. The Balaban J connectivity index is 2.04. The Morgan fingerprint density at radius 3 is 2.13 bits per heavy atom. The third-order valence-corrected chi connectivity index (χ3v) is 3.79. The van der Waals surface area contributed by atoms with Crippen molar-refractivity contribution in [3.63, 3.8) is 0 Å². The van der Waals surface area contributed by atoms with Crippen LogP contribution in [0.4, 0.5) is 0 Å². The van der Waals surface area contributed by atoms with Crippen LogP contribution in [-0.2, 0) is 17.6 Å². The highest BCUT2D eigenvalue weighted by atomic mass is 16.3. The first kappa shape index (κ1) is 16.7. The minimum atomic E-state index is -0.0321. The summed E-state index contributed by atoms with van der Waals surface area (Å²) in [6.07, 6.45) is 1.14. The number of ketones is 2. The van der Waals surface area contributed by atoms with Gasteiger partial charge < -0.3 is 5.11 Å². The van der Waals surface area contributed by atoms with Crippen LogP contribution in [0.15, 0.2) is 55.1 Å². The Labute approximate surface area is 136 Å². The maximum atomic E-state index is 12.2. The summed E-state index contributed by atoms with van der Waals surface area (Å²) >= 11 is 0. The number of hydrogen-bond acceptors (Lipinski definition) is 3. The Hall–Kier alpha value is -2.68. The summed E-state index contributed by atoms with van der Waals surface area (Å²) in [5.41, 5.74) is 2.94. The zero-order valence-corrected chi connectivity index (χ0v) is 13.2. The highest BCUT2D eigenvalue weighted by Gasteiger charge is 2.12. The van der Waals surface area contributed by atoms with Crippen LogP contribution in [0.2, 0.25) is 0 Å². The first-order valence-electron chi connectivity index (χ1n) is 7.55. The van der Waals surface area contributed by atoms with Crippen molar-refractivity contribution in [2.75, 3.05) is 0 Å². The predicted octanol–water partition coefficient (Wildman–Crippen LogP) is 4.16. The molecule has 23 heavy (non-hydrogen) atoms. The summed E-state index contributed by atoms with van der Waals surface area (Å²) in [6.45, 7) is 5.05. The number of Topliss-reactive ketones (excluding diaryl/α,β-unsaturated/α-hetero) is 2. The van der Waals surface area contributed by atoms with Crippen LogP contribution in [-0.4, -0.2) is 16.7 Å². The summed E-state index contributed by atoms with van der Waals surface area (Å²) in [5, 5.41) is 9.59. The van der Waals surface area contributed by atoms with Gasteiger partial charge in [0.1, 0.15) is 11.5 Å². The van der Waals surface area contributed by atoms with E-state index in [1.165, 1.54) is 6.92 Å². The van der Waals surface area contributed by atoms with Gasteiger partial charge in [-0.25, -0.2) is 0 Å². The highest BCUT2D eigenvalue weighted by molar-refractivity contribution is 5.97. The summed E-state index contributed by atoms with van der Waals surface area (Å²) in [4.78, 5) is 23.8. The number of aliphatic hydroxyl groups excluding tert-OH is 1. The fourth-order valence-electron chi connectivity index (χ4n) is 2.61. The maximum Gasteiger partial charge on any atom is 0.160 e. The molecule has 0 radical (unpaired) electrons. The molecule has 3 nitrogen and oxygen atoms in total.